The number of halogens is 1. The number of aryl methyl sites for hydroxylation is 1. The molecule has 0 bridgehead atoms. The van der Waals surface area contributed by atoms with E-state index in [0.29, 0.717) is 5.92 Å². The predicted octanol–water partition coefficient (Wildman–Crippen LogP) is 4.69. The van der Waals surface area contributed by atoms with Crippen molar-refractivity contribution in [2.24, 2.45) is 10.9 Å². The maximum Gasteiger partial charge on any atom is 0.410 e. The highest BCUT2D eigenvalue weighted by atomic mass is 127. The Morgan fingerprint density at radius 1 is 1.31 bits per heavy atom. The molecule has 0 unspecified atom stereocenters. The van der Waals surface area contributed by atoms with Gasteiger partial charge < -0.3 is 19.9 Å². The molecule has 0 spiro atoms. The first-order chi connectivity index (χ1) is 14.7. The van der Waals surface area contributed by atoms with Crippen LogP contribution in [-0.4, -0.2) is 71.2 Å². The van der Waals surface area contributed by atoms with Gasteiger partial charge in [-0.15, -0.1) is 35.3 Å². The van der Waals surface area contributed by atoms with E-state index in [1.165, 1.54) is 17.7 Å². The van der Waals surface area contributed by atoms with E-state index in [1.54, 1.807) is 11.3 Å². The highest BCUT2D eigenvalue weighted by Crippen LogP contribution is 2.32. The molecule has 1 aromatic heterocycles. The van der Waals surface area contributed by atoms with Crippen LogP contribution in [0.2, 0.25) is 0 Å². The Morgan fingerprint density at radius 3 is 2.53 bits per heavy atom. The quantitative estimate of drug-likeness (QED) is 0.290. The Balaban J connectivity index is 0.00000363. The third-order valence-electron chi connectivity index (χ3n) is 5.58. The van der Waals surface area contributed by atoms with Gasteiger partial charge in [0, 0.05) is 56.3 Å². The van der Waals surface area contributed by atoms with Crippen molar-refractivity contribution >= 4 is 47.4 Å². The van der Waals surface area contributed by atoms with E-state index < -0.39 is 5.60 Å². The first-order valence-electron chi connectivity index (χ1n) is 11.7. The number of carbonyl (C=O) groups is 1. The monoisotopic (exact) mass is 577 g/mol. The summed E-state index contributed by atoms with van der Waals surface area (Å²) in [5, 5.41) is 4.58. The van der Waals surface area contributed by atoms with Crippen LogP contribution in [-0.2, 0) is 11.2 Å². The van der Waals surface area contributed by atoms with Crippen LogP contribution in [0.4, 0.5) is 4.79 Å². The number of nitrogens with one attached hydrogen (secondary N) is 1. The molecular formula is C23H40IN5O2S. The van der Waals surface area contributed by atoms with Crippen LogP contribution < -0.4 is 5.32 Å². The molecule has 1 amide bonds. The van der Waals surface area contributed by atoms with Crippen molar-refractivity contribution in [2.75, 3.05) is 32.7 Å². The number of aromatic nitrogens is 1. The average molecular weight is 578 g/mol. The van der Waals surface area contributed by atoms with E-state index in [2.05, 4.69) is 29.0 Å². The van der Waals surface area contributed by atoms with Gasteiger partial charge in [0.15, 0.2) is 5.96 Å². The Morgan fingerprint density at radius 2 is 2.00 bits per heavy atom. The second-order valence-corrected chi connectivity index (χ2v) is 11.0. The number of nitrogens with zero attached hydrogens (tertiary/aromatic N) is 4. The Labute approximate surface area is 214 Å². The Kier molecular flexibility index (Phi) is 10.5. The molecule has 2 heterocycles. The molecule has 1 aromatic rings. The molecule has 0 aromatic carbocycles. The fourth-order valence-corrected chi connectivity index (χ4v) is 4.64. The molecule has 9 heteroatoms. The van der Waals surface area contributed by atoms with Gasteiger partial charge in [-0.05, 0) is 66.2 Å². The molecule has 3 rings (SSSR count). The maximum absolute atomic E-state index is 12.9. The number of likely N-dealkylation sites (tertiary alicyclic amines) is 1. The third kappa shape index (κ3) is 8.68. The van der Waals surface area contributed by atoms with Gasteiger partial charge in [0.25, 0.3) is 0 Å². The van der Waals surface area contributed by atoms with Gasteiger partial charge in [-0.25, -0.2) is 9.78 Å². The van der Waals surface area contributed by atoms with Gasteiger partial charge in [-0.2, -0.15) is 0 Å². The lowest BCUT2D eigenvalue weighted by atomic mass is 10.0. The summed E-state index contributed by atoms with van der Waals surface area (Å²) < 4.78 is 5.72. The van der Waals surface area contributed by atoms with Crippen LogP contribution in [0.25, 0.3) is 0 Å². The van der Waals surface area contributed by atoms with Crippen LogP contribution in [0.3, 0.4) is 0 Å². The van der Waals surface area contributed by atoms with E-state index in [9.17, 15) is 4.79 Å². The number of piperidine rings is 1. The van der Waals surface area contributed by atoms with Crippen LogP contribution >= 0.6 is 35.3 Å². The molecule has 2 aliphatic rings. The highest BCUT2D eigenvalue weighted by molar-refractivity contribution is 14.0. The second-order valence-electron chi connectivity index (χ2n) is 9.64. The number of ether oxygens (including phenoxy) is 1. The van der Waals surface area contributed by atoms with E-state index in [0.717, 1.165) is 63.0 Å². The summed E-state index contributed by atoms with van der Waals surface area (Å²) in [6.07, 6.45) is 7.00. The molecule has 32 heavy (non-hydrogen) atoms. The minimum atomic E-state index is -0.458. The van der Waals surface area contributed by atoms with E-state index in [4.69, 9.17) is 9.73 Å². The van der Waals surface area contributed by atoms with Crippen molar-refractivity contribution in [2.45, 2.75) is 78.4 Å². The van der Waals surface area contributed by atoms with Crippen molar-refractivity contribution < 1.29 is 9.53 Å². The summed E-state index contributed by atoms with van der Waals surface area (Å²) in [6, 6.07) is 0.243. The van der Waals surface area contributed by atoms with Crippen LogP contribution in [0.1, 0.15) is 63.3 Å². The summed E-state index contributed by atoms with van der Waals surface area (Å²) in [6.45, 7) is 14.2. The van der Waals surface area contributed by atoms with Crippen LogP contribution in [0.5, 0.6) is 0 Å². The summed E-state index contributed by atoms with van der Waals surface area (Å²) in [7, 11) is 0. The largest absolute Gasteiger partial charge is 0.444 e. The molecule has 1 N–H and O–H groups in total. The Bertz CT molecular complexity index is 752. The third-order valence-corrected chi connectivity index (χ3v) is 6.55. The molecular weight excluding hydrogens is 537 g/mol. The van der Waals surface area contributed by atoms with Crippen molar-refractivity contribution in [3.63, 3.8) is 0 Å². The summed E-state index contributed by atoms with van der Waals surface area (Å²) in [5.41, 5.74) is -0.458. The fraction of sp³-hybridized carbons (Fsp3) is 0.783. The fourth-order valence-electron chi connectivity index (χ4n) is 3.86. The zero-order valence-electron chi connectivity index (χ0n) is 20.2. The predicted molar refractivity (Wildman–Crippen MR) is 142 cm³/mol. The van der Waals surface area contributed by atoms with Crippen LogP contribution in [0.15, 0.2) is 11.2 Å². The van der Waals surface area contributed by atoms with Crippen molar-refractivity contribution in [1.82, 2.24) is 20.1 Å². The van der Waals surface area contributed by atoms with Crippen LogP contribution in [0, 0.1) is 12.8 Å². The molecule has 2 fully saturated rings. The maximum atomic E-state index is 12.9. The number of thiazole rings is 1. The van der Waals surface area contributed by atoms with Crippen molar-refractivity contribution in [3.05, 3.63) is 16.1 Å². The lowest BCUT2D eigenvalue weighted by Crippen LogP contribution is -2.52. The molecule has 1 aliphatic heterocycles. The molecule has 7 nitrogen and oxygen atoms in total. The summed E-state index contributed by atoms with van der Waals surface area (Å²) in [4.78, 5) is 27.7. The van der Waals surface area contributed by atoms with Gasteiger partial charge in [-0.1, -0.05) is 0 Å². The minimum Gasteiger partial charge on any atom is -0.444 e. The minimum absolute atomic E-state index is 0. The average Bonchev–Trinajstić information content (AvgIpc) is 3.44. The molecule has 0 radical (unpaired) electrons. The summed E-state index contributed by atoms with van der Waals surface area (Å²) in [5.74, 6) is 1.62. The normalized spacial score (nSPS) is 17.7. The van der Waals surface area contributed by atoms with Crippen molar-refractivity contribution in [3.8, 4) is 0 Å². The lowest BCUT2D eigenvalue weighted by Gasteiger charge is -2.40. The molecule has 0 atom stereocenters. The Hall–Kier alpha value is -1.10. The number of rotatable bonds is 7. The van der Waals surface area contributed by atoms with E-state index in [1.807, 2.05) is 31.9 Å². The SMILES string of the molecule is CCNC(=NCCc1ncc(C)s1)N1CCC(N(CC2CC2)C(=O)OC(C)(C)C)CC1.I. The van der Waals surface area contributed by atoms with Gasteiger partial charge in [0.1, 0.15) is 5.60 Å². The highest BCUT2D eigenvalue weighted by Gasteiger charge is 2.35. The van der Waals surface area contributed by atoms with Gasteiger partial charge in [0.2, 0.25) is 0 Å². The first kappa shape index (κ1) is 27.1. The van der Waals surface area contributed by atoms with Crippen molar-refractivity contribution in [1.29, 1.82) is 0 Å². The molecule has 182 valence electrons. The molecule has 1 saturated heterocycles. The van der Waals surface area contributed by atoms with Gasteiger partial charge >= 0.3 is 6.09 Å². The standard InChI is InChI=1S/C23H39N5O2S.HI/c1-6-24-21(25-12-9-20-26-15-17(2)31-20)27-13-10-19(11-14-27)28(16-18-7-8-18)22(29)30-23(3,4)5;/h15,18-19H,6-14,16H2,1-5H3,(H,24,25);1H. The van der Waals surface area contributed by atoms with Gasteiger partial charge in [0.05, 0.1) is 5.01 Å². The molecule has 1 saturated carbocycles. The molecule has 1 aliphatic carbocycles. The summed E-state index contributed by atoms with van der Waals surface area (Å²) >= 11 is 1.74. The smallest absolute Gasteiger partial charge is 0.410 e. The number of aliphatic imine (C=N–C) groups is 1. The second kappa shape index (κ2) is 12.4. The van der Waals surface area contributed by atoms with E-state index in [-0.39, 0.29) is 36.1 Å². The van der Waals surface area contributed by atoms with E-state index >= 15 is 0 Å². The zero-order valence-corrected chi connectivity index (χ0v) is 23.4. The number of hydrogen-bond donors (Lipinski definition) is 1. The lowest BCUT2D eigenvalue weighted by molar-refractivity contribution is 0.00928. The van der Waals surface area contributed by atoms with Gasteiger partial charge in [-0.3, -0.25) is 4.99 Å². The number of hydrogen-bond acceptors (Lipinski definition) is 5. The number of carbonyl (C=O) groups excluding carboxylic acids is 1. The first-order valence-corrected chi connectivity index (χ1v) is 12.5. The number of guanidine groups is 1. The number of amides is 1. The topological polar surface area (TPSA) is 70.1 Å². The zero-order chi connectivity index (χ0) is 22.4.